The standard InChI is InChI=1S/C15H27N3/c1-6-18(14(10-16)15(3,4)5)11-13-9-7-8-12(2)17-13/h7-9,14H,6,10-11,16H2,1-5H3. The molecule has 0 aromatic carbocycles. The molecule has 1 heterocycles. The molecule has 0 saturated carbocycles. The number of pyridine rings is 1. The van der Waals surface area contributed by atoms with Crippen molar-refractivity contribution >= 4 is 0 Å². The van der Waals surface area contributed by atoms with Crippen LogP contribution >= 0.6 is 0 Å². The zero-order chi connectivity index (χ0) is 13.8. The largest absolute Gasteiger partial charge is 0.329 e. The molecule has 0 amide bonds. The number of nitrogens with zero attached hydrogens (tertiary/aromatic N) is 2. The van der Waals surface area contributed by atoms with Gasteiger partial charge in [-0.05, 0) is 31.0 Å². The van der Waals surface area contributed by atoms with Gasteiger partial charge >= 0.3 is 0 Å². The van der Waals surface area contributed by atoms with Crippen LogP contribution in [-0.2, 0) is 6.54 Å². The molecule has 1 rings (SSSR count). The second-order valence-electron chi connectivity index (χ2n) is 5.95. The fourth-order valence-corrected chi connectivity index (χ4v) is 2.39. The average Bonchev–Trinajstić information content (AvgIpc) is 2.26. The molecule has 1 atom stereocenters. The van der Waals surface area contributed by atoms with Crippen LogP contribution in [0.4, 0.5) is 0 Å². The van der Waals surface area contributed by atoms with Gasteiger partial charge in [0.1, 0.15) is 0 Å². The van der Waals surface area contributed by atoms with E-state index in [4.69, 9.17) is 5.73 Å². The van der Waals surface area contributed by atoms with Gasteiger partial charge in [-0.25, -0.2) is 0 Å². The minimum absolute atomic E-state index is 0.189. The van der Waals surface area contributed by atoms with E-state index in [2.05, 4.69) is 49.7 Å². The highest BCUT2D eigenvalue weighted by atomic mass is 15.2. The summed E-state index contributed by atoms with van der Waals surface area (Å²) in [6, 6.07) is 6.57. The highest BCUT2D eigenvalue weighted by molar-refractivity contribution is 5.10. The van der Waals surface area contributed by atoms with Gasteiger partial charge in [0.25, 0.3) is 0 Å². The molecule has 3 nitrogen and oxygen atoms in total. The van der Waals surface area contributed by atoms with Crippen LogP contribution in [0.2, 0.25) is 0 Å². The third-order valence-electron chi connectivity index (χ3n) is 3.38. The van der Waals surface area contributed by atoms with Crippen LogP contribution in [0.5, 0.6) is 0 Å². The molecular weight excluding hydrogens is 222 g/mol. The first-order chi connectivity index (χ1) is 8.38. The van der Waals surface area contributed by atoms with E-state index in [1.54, 1.807) is 0 Å². The maximum Gasteiger partial charge on any atom is 0.0547 e. The monoisotopic (exact) mass is 249 g/mol. The molecule has 0 aliphatic carbocycles. The Morgan fingerprint density at radius 3 is 2.44 bits per heavy atom. The summed E-state index contributed by atoms with van der Waals surface area (Å²) in [4.78, 5) is 7.00. The van der Waals surface area contributed by atoms with Crippen LogP contribution in [0.3, 0.4) is 0 Å². The van der Waals surface area contributed by atoms with Crippen LogP contribution in [0.1, 0.15) is 39.1 Å². The van der Waals surface area contributed by atoms with Gasteiger partial charge in [0, 0.05) is 24.8 Å². The number of rotatable bonds is 5. The summed E-state index contributed by atoms with van der Waals surface area (Å²) in [6.45, 7) is 13.5. The lowest BCUT2D eigenvalue weighted by atomic mass is 9.85. The molecule has 3 heteroatoms. The van der Waals surface area contributed by atoms with Crippen molar-refractivity contribution < 1.29 is 0 Å². The summed E-state index contributed by atoms with van der Waals surface area (Å²) >= 11 is 0. The summed E-state index contributed by atoms with van der Waals surface area (Å²) in [5.74, 6) is 0. The number of nitrogens with two attached hydrogens (primary N) is 1. The van der Waals surface area contributed by atoms with Crippen LogP contribution < -0.4 is 5.73 Å². The third kappa shape index (κ3) is 4.07. The maximum atomic E-state index is 5.96. The third-order valence-corrected chi connectivity index (χ3v) is 3.38. The smallest absolute Gasteiger partial charge is 0.0547 e. The van der Waals surface area contributed by atoms with Crippen molar-refractivity contribution in [3.05, 3.63) is 29.6 Å². The van der Waals surface area contributed by atoms with Gasteiger partial charge in [-0.3, -0.25) is 9.88 Å². The number of hydrogen-bond donors (Lipinski definition) is 1. The molecule has 1 aromatic rings. The molecule has 0 bridgehead atoms. The van der Waals surface area contributed by atoms with Crippen molar-refractivity contribution in [3.63, 3.8) is 0 Å². The van der Waals surface area contributed by atoms with Gasteiger partial charge < -0.3 is 5.73 Å². The molecule has 2 N–H and O–H groups in total. The van der Waals surface area contributed by atoms with Gasteiger partial charge in [-0.15, -0.1) is 0 Å². The Bertz CT molecular complexity index is 368. The molecule has 1 unspecified atom stereocenters. The second kappa shape index (κ2) is 6.30. The number of hydrogen-bond acceptors (Lipinski definition) is 3. The SMILES string of the molecule is CCN(Cc1cccc(C)n1)C(CN)C(C)(C)C. The molecule has 0 saturated heterocycles. The normalized spacial score (nSPS) is 13.9. The molecule has 0 aliphatic heterocycles. The van der Waals surface area contributed by atoms with E-state index >= 15 is 0 Å². The minimum atomic E-state index is 0.189. The first kappa shape index (κ1) is 15.1. The highest BCUT2D eigenvalue weighted by Gasteiger charge is 2.28. The van der Waals surface area contributed by atoms with Crippen molar-refractivity contribution in [3.8, 4) is 0 Å². The van der Waals surface area contributed by atoms with E-state index in [-0.39, 0.29) is 5.41 Å². The lowest BCUT2D eigenvalue weighted by molar-refractivity contribution is 0.102. The van der Waals surface area contributed by atoms with E-state index in [0.29, 0.717) is 12.6 Å². The van der Waals surface area contributed by atoms with Crippen molar-refractivity contribution in [2.75, 3.05) is 13.1 Å². The second-order valence-corrected chi connectivity index (χ2v) is 5.95. The predicted octanol–water partition coefficient (Wildman–Crippen LogP) is 2.59. The zero-order valence-electron chi connectivity index (χ0n) is 12.4. The maximum absolute atomic E-state index is 5.96. The van der Waals surface area contributed by atoms with Crippen molar-refractivity contribution in [1.82, 2.24) is 9.88 Å². The Balaban J connectivity index is 2.84. The van der Waals surface area contributed by atoms with E-state index in [0.717, 1.165) is 24.5 Å². The van der Waals surface area contributed by atoms with E-state index < -0.39 is 0 Å². The first-order valence-electron chi connectivity index (χ1n) is 6.75. The molecule has 0 fully saturated rings. The minimum Gasteiger partial charge on any atom is -0.329 e. The van der Waals surface area contributed by atoms with Gasteiger partial charge in [-0.2, -0.15) is 0 Å². The number of aromatic nitrogens is 1. The summed E-state index contributed by atoms with van der Waals surface area (Å²) < 4.78 is 0. The summed E-state index contributed by atoms with van der Waals surface area (Å²) in [5.41, 5.74) is 8.34. The molecule has 0 spiro atoms. The fourth-order valence-electron chi connectivity index (χ4n) is 2.39. The molecule has 0 radical (unpaired) electrons. The number of likely N-dealkylation sites (N-methyl/N-ethyl adjacent to an activating group) is 1. The summed E-state index contributed by atoms with van der Waals surface area (Å²) in [5, 5.41) is 0. The molecular formula is C15H27N3. The fraction of sp³-hybridized carbons (Fsp3) is 0.667. The highest BCUT2D eigenvalue weighted by Crippen LogP contribution is 2.24. The Kier molecular flexibility index (Phi) is 5.29. The van der Waals surface area contributed by atoms with Crippen molar-refractivity contribution in [1.29, 1.82) is 0 Å². The molecule has 102 valence electrons. The van der Waals surface area contributed by atoms with Crippen LogP contribution in [0.25, 0.3) is 0 Å². The number of aryl methyl sites for hydroxylation is 1. The predicted molar refractivity (Wildman–Crippen MR) is 77.4 cm³/mol. The molecule has 18 heavy (non-hydrogen) atoms. The topological polar surface area (TPSA) is 42.2 Å². The van der Waals surface area contributed by atoms with E-state index in [1.165, 1.54) is 0 Å². The van der Waals surface area contributed by atoms with Gasteiger partial charge in [-0.1, -0.05) is 33.8 Å². The van der Waals surface area contributed by atoms with Crippen LogP contribution in [0.15, 0.2) is 18.2 Å². The lowest BCUT2D eigenvalue weighted by Gasteiger charge is -2.39. The van der Waals surface area contributed by atoms with E-state index in [9.17, 15) is 0 Å². The van der Waals surface area contributed by atoms with Crippen molar-refractivity contribution in [2.24, 2.45) is 11.1 Å². The quantitative estimate of drug-likeness (QED) is 0.872. The Morgan fingerprint density at radius 2 is 2.00 bits per heavy atom. The van der Waals surface area contributed by atoms with Crippen molar-refractivity contribution in [2.45, 2.75) is 47.2 Å². The average molecular weight is 249 g/mol. The van der Waals surface area contributed by atoms with Gasteiger partial charge in [0.2, 0.25) is 0 Å². The Labute approximate surface area is 111 Å². The van der Waals surface area contributed by atoms with Gasteiger partial charge in [0.05, 0.1) is 5.69 Å². The molecule has 0 aliphatic rings. The summed E-state index contributed by atoms with van der Waals surface area (Å²) in [6.07, 6.45) is 0. The van der Waals surface area contributed by atoms with Gasteiger partial charge in [0.15, 0.2) is 0 Å². The lowest BCUT2D eigenvalue weighted by Crippen LogP contribution is -2.48. The van der Waals surface area contributed by atoms with Crippen LogP contribution in [-0.4, -0.2) is 29.0 Å². The molecule has 1 aromatic heterocycles. The first-order valence-corrected chi connectivity index (χ1v) is 6.75. The Hall–Kier alpha value is -0.930. The van der Waals surface area contributed by atoms with Crippen LogP contribution in [0, 0.1) is 12.3 Å². The zero-order valence-corrected chi connectivity index (χ0v) is 12.4. The van der Waals surface area contributed by atoms with E-state index in [1.807, 2.05) is 13.0 Å². The summed E-state index contributed by atoms with van der Waals surface area (Å²) in [7, 11) is 0. The Morgan fingerprint density at radius 1 is 1.33 bits per heavy atom.